The summed E-state index contributed by atoms with van der Waals surface area (Å²) in [7, 11) is 0. The van der Waals surface area contributed by atoms with Crippen molar-refractivity contribution in [1.82, 2.24) is 4.90 Å². The zero-order valence-electron chi connectivity index (χ0n) is 20.1. The molecule has 3 aromatic carbocycles. The quantitative estimate of drug-likeness (QED) is 0.195. The lowest BCUT2D eigenvalue weighted by atomic mass is 9.95. The van der Waals surface area contributed by atoms with Gasteiger partial charge in [0, 0.05) is 11.1 Å². The maximum absolute atomic E-state index is 14.9. The van der Waals surface area contributed by atoms with Gasteiger partial charge in [-0.2, -0.15) is 0 Å². The van der Waals surface area contributed by atoms with Crippen LogP contribution in [0.25, 0.3) is 5.76 Å². The number of hydrogen-bond acceptors (Lipinski definition) is 5. The van der Waals surface area contributed by atoms with Crippen molar-refractivity contribution in [3.05, 3.63) is 131 Å². The second-order valence-corrected chi connectivity index (χ2v) is 8.83. The topological polar surface area (TPSA) is 80.0 Å². The smallest absolute Gasteiger partial charge is 0.296 e. The van der Waals surface area contributed by atoms with Gasteiger partial charge in [-0.15, -0.1) is 0 Å². The molecule has 6 nitrogen and oxygen atoms in total. The number of rotatable bonds is 7. The average Bonchev–Trinajstić information content (AvgIpc) is 3.50. The Bertz CT molecular complexity index is 1470. The van der Waals surface area contributed by atoms with Crippen LogP contribution < -0.4 is 4.74 Å². The highest BCUT2D eigenvalue weighted by molar-refractivity contribution is 6.46. The van der Waals surface area contributed by atoms with Crippen molar-refractivity contribution in [2.75, 3.05) is 0 Å². The van der Waals surface area contributed by atoms with E-state index in [2.05, 4.69) is 0 Å². The first-order valence-electron chi connectivity index (χ1n) is 11.8. The lowest BCUT2D eigenvalue weighted by Crippen LogP contribution is -2.29. The number of likely N-dealkylation sites (tertiary alicyclic amines) is 1. The fourth-order valence-electron chi connectivity index (χ4n) is 4.47. The largest absolute Gasteiger partial charge is 0.507 e. The number of ketones is 1. The molecule has 1 aromatic heterocycles. The molecular weight excluding hydrogens is 473 g/mol. The molecule has 186 valence electrons. The highest BCUT2D eigenvalue weighted by Crippen LogP contribution is 2.41. The molecule has 0 spiro atoms. The van der Waals surface area contributed by atoms with Crippen molar-refractivity contribution >= 4 is 17.4 Å². The van der Waals surface area contributed by atoms with Crippen molar-refractivity contribution in [3.63, 3.8) is 0 Å². The molecule has 0 unspecified atom stereocenters. The van der Waals surface area contributed by atoms with Crippen LogP contribution in [0, 0.1) is 12.7 Å². The first-order valence-corrected chi connectivity index (χ1v) is 11.8. The molecule has 1 N–H and O–H groups in total. The predicted molar refractivity (Wildman–Crippen MR) is 135 cm³/mol. The van der Waals surface area contributed by atoms with Crippen LogP contribution in [0.5, 0.6) is 5.75 Å². The highest BCUT2D eigenvalue weighted by atomic mass is 19.1. The summed E-state index contributed by atoms with van der Waals surface area (Å²) < 4.78 is 26.1. The zero-order chi connectivity index (χ0) is 25.9. The number of nitrogens with zero attached hydrogens (tertiary/aromatic N) is 1. The lowest BCUT2D eigenvalue weighted by molar-refractivity contribution is -0.140. The van der Waals surface area contributed by atoms with Gasteiger partial charge in [0.05, 0.1) is 24.4 Å². The van der Waals surface area contributed by atoms with Gasteiger partial charge in [-0.3, -0.25) is 9.59 Å². The molecule has 1 aliphatic heterocycles. The number of benzene rings is 3. The zero-order valence-corrected chi connectivity index (χ0v) is 20.1. The van der Waals surface area contributed by atoms with Gasteiger partial charge in [-0.1, -0.05) is 48.0 Å². The Hall–Kier alpha value is -4.65. The summed E-state index contributed by atoms with van der Waals surface area (Å²) >= 11 is 0. The third-order valence-electron chi connectivity index (χ3n) is 6.26. The molecule has 0 radical (unpaired) electrons. The number of carbonyl (C=O) groups is 2. The van der Waals surface area contributed by atoms with Crippen molar-refractivity contribution in [1.29, 1.82) is 0 Å². The Kier molecular flexibility index (Phi) is 6.60. The number of carbonyl (C=O) groups excluding carboxylic acids is 2. The van der Waals surface area contributed by atoms with Gasteiger partial charge in [0.25, 0.3) is 11.7 Å². The van der Waals surface area contributed by atoms with Crippen LogP contribution in [0.2, 0.25) is 0 Å². The van der Waals surface area contributed by atoms with Gasteiger partial charge in [-0.25, -0.2) is 4.39 Å². The van der Waals surface area contributed by atoms with Gasteiger partial charge in [0.2, 0.25) is 0 Å². The van der Waals surface area contributed by atoms with Crippen molar-refractivity contribution in [3.8, 4) is 5.75 Å². The molecule has 1 aliphatic rings. The van der Waals surface area contributed by atoms with E-state index in [1.165, 1.54) is 29.4 Å². The van der Waals surface area contributed by atoms with E-state index >= 15 is 0 Å². The number of halogens is 1. The van der Waals surface area contributed by atoms with E-state index in [0.29, 0.717) is 23.7 Å². The molecule has 1 amide bonds. The minimum atomic E-state index is -1.12. The number of aryl methyl sites for hydroxylation is 1. The maximum atomic E-state index is 14.9. The summed E-state index contributed by atoms with van der Waals surface area (Å²) in [6.45, 7) is 2.32. The number of ether oxygens (including phenoxy) is 1. The van der Waals surface area contributed by atoms with Gasteiger partial charge in [-0.05, 0) is 55.0 Å². The molecule has 0 aliphatic carbocycles. The fraction of sp³-hybridized carbons (Fsp3) is 0.133. The standard InChI is InChI=1S/C30H24FNO5/c1-19-6-4-7-20(16-19)18-37-22-13-11-21(12-14-22)28(33)26-27(24-9-2-3-10-25(24)31)32(30(35)29(26)34)17-23-8-5-15-36-23/h2-16,27,33H,17-18H2,1H3/t27-/m1/s1. The molecule has 1 saturated heterocycles. The van der Waals surface area contributed by atoms with Crippen LogP contribution in [-0.4, -0.2) is 21.7 Å². The molecule has 7 heteroatoms. The van der Waals surface area contributed by atoms with E-state index in [1.54, 1.807) is 42.5 Å². The normalized spacial score (nSPS) is 16.8. The third kappa shape index (κ3) is 4.89. The first kappa shape index (κ1) is 24.1. The van der Waals surface area contributed by atoms with E-state index < -0.39 is 29.3 Å². The van der Waals surface area contributed by atoms with E-state index in [1.807, 2.05) is 31.2 Å². The van der Waals surface area contributed by atoms with Crippen LogP contribution in [0.1, 0.15) is 34.1 Å². The third-order valence-corrected chi connectivity index (χ3v) is 6.26. The van der Waals surface area contributed by atoms with Gasteiger partial charge in [0.15, 0.2) is 0 Å². The van der Waals surface area contributed by atoms with E-state index in [-0.39, 0.29) is 17.7 Å². The van der Waals surface area contributed by atoms with Crippen molar-refractivity contribution < 1.29 is 28.2 Å². The number of amides is 1. The molecule has 1 fully saturated rings. The molecule has 2 heterocycles. The average molecular weight is 498 g/mol. The lowest BCUT2D eigenvalue weighted by Gasteiger charge is -2.24. The van der Waals surface area contributed by atoms with Crippen LogP contribution in [0.4, 0.5) is 4.39 Å². The summed E-state index contributed by atoms with van der Waals surface area (Å²) in [6, 6.07) is 22.6. The van der Waals surface area contributed by atoms with Crippen LogP contribution in [0.15, 0.2) is 101 Å². The summed E-state index contributed by atoms with van der Waals surface area (Å²) in [4.78, 5) is 27.4. The Balaban J connectivity index is 1.48. The minimum absolute atomic E-state index is 0.0565. The second kappa shape index (κ2) is 10.1. The Labute approximate surface area is 213 Å². The second-order valence-electron chi connectivity index (χ2n) is 8.83. The molecule has 4 aromatic rings. The van der Waals surface area contributed by atoms with Crippen LogP contribution in [-0.2, 0) is 22.7 Å². The van der Waals surface area contributed by atoms with Crippen LogP contribution >= 0.6 is 0 Å². The van der Waals surface area contributed by atoms with Crippen molar-refractivity contribution in [2.24, 2.45) is 0 Å². The number of hydrogen-bond donors (Lipinski definition) is 1. The molecule has 5 rings (SSSR count). The number of furan rings is 1. The SMILES string of the molecule is Cc1cccc(COc2ccc(C(O)=C3C(=O)C(=O)N(Cc4ccco4)[C@@H]3c3ccccc3F)cc2)c1. The molecular formula is C30H24FNO5. The minimum Gasteiger partial charge on any atom is -0.507 e. The highest BCUT2D eigenvalue weighted by Gasteiger charge is 2.47. The molecule has 37 heavy (non-hydrogen) atoms. The predicted octanol–water partition coefficient (Wildman–Crippen LogP) is 5.93. The van der Waals surface area contributed by atoms with Crippen LogP contribution in [0.3, 0.4) is 0 Å². The first-order chi connectivity index (χ1) is 17.9. The number of aliphatic hydroxyl groups is 1. The molecule has 1 atom stereocenters. The monoisotopic (exact) mass is 497 g/mol. The fourth-order valence-corrected chi connectivity index (χ4v) is 4.47. The molecule has 0 bridgehead atoms. The maximum Gasteiger partial charge on any atom is 0.296 e. The van der Waals surface area contributed by atoms with Gasteiger partial charge >= 0.3 is 0 Å². The molecule has 0 saturated carbocycles. The van der Waals surface area contributed by atoms with E-state index in [0.717, 1.165) is 11.1 Å². The summed E-state index contributed by atoms with van der Waals surface area (Å²) in [5, 5.41) is 11.2. The Morgan fingerprint density at radius 3 is 2.49 bits per heavy atom. The van der Waals surface area contributed by atoms with Gasteiger partial charge < -0.3 is 19.2 Å². The summed E-state index contributed by atoms with van der Waals surface area (Å²) in [5.41, 5.74) is 2.38. The summed E-state index contributed by atoms with van der Waals surface area (Å²) in [6.07, 6.45) is 1.45. The Morgan fingerprint density at radius 1 is 1.00 bits per heavy atom. The van der Waals surface area contributed by atoms with E-state index in [4.69, 9.17) is 9.15 Å². The van der Waals surface area contributed by atoms with Gasteiger partial charge in [0.1, 0.15) is 29.7 Å². The Morgan fingerprint density at radius 2 is 1.78 bits per heavy atom. The number of aliphatic hydroxyl groups excluding tert-OH is 1. The van der Waals surface area contributed by atoms with E-state index in [9.17, 15) is 19.1 Å². The summed E-state index contributed by atoms with van der Waals surface area (Å²) in [5.74, 6) is -1.72. The number of Topliss-reactive ketones (excluding diaryl/α,β-unsaturated/α-hetero) is 1. The van der Waals surface area contributed by atoms with Crippen molar-refractivity contribution in [2.45, 2.75) is 26.1 Å².